The third-order valence-corrected chi connectivity index (χ3v) is 4.78. The molecule has 114 valence electrons. The number of thioether (sulfide) groups is 1. The number of hydrogen-bond acceptors (Lipinski definition) is 5. The van der Waals surface area contributed by atoms with Crippen LogP contribution < -0.4 is 16.2 Å². The topological polar surface area (TPSA) is 76.4 Å². The first-order valence-electron chi connectivity index (χ1n) is 7.09. The highest BCUT2D eigenvalue weighted by Gasteiger charge is 2.27. The number of benzene rings is 1. The van der Waals surface area contributed by atoms with E-state index in [1.54, 1.807) is 58.5 Å². The average molecular weight is 315 g/mol. The SMILES string of the molecule is Bc1cc(C(=O)N2CCSC(C(C)=N)=C2NC)cc(B)c1O. The van der Waals surface area contributed by atoms with Gasteiger partial charge in [0.25, 0.3) is 5.91 Å². The lowest BCUT2D eigenvalue weighted by atomic mass is 9.83. The summed E-state index contributed by atoms with van der Waals surface area (Å²) in [5.74, 6) is 1.55. The molecule has 1 aromatic rings. The van der Waals surface area contributed by atoms with Crippen molar-refractivity contribution in [1.82, 2.24) is 10.2 Å². The van der Waals surface area contributed by atoms with Crippen molar-refractivity contribution in [3.8, 4) is 5.75 Å². The molecule has 5 nitrogen and oxygen atoms in total. The Balaban J connectivity index is 2.44. The van der Waals surface area contributed by atoms with Crippen LogP contribution in [0.25, 0.3) is 0 Å². The molecule has 0 atom stereocenters. The Bertz CT molecular complexity index is 653. The quantitative estimate of drug-likeness (QED) is 0.470. The van der Waals surface area contributed by atoms with Gasteiger partial charge in [0.2, 0.25) is 0 Å². The number of rotatable bonds is 3. The first-order chi connectivity index (χ1) is 10.4. The van der Waals surface area contributed by atoms with Crippen LogP contribution in [0, 0.1) is 5.41 Å². The molecule has 1 aliphatic rings. The maximum Gasteiger partial charge on any atom is 0.259 e. The van der Waals surface area contributed by atoms with E-state index in [0.29, 0.717) is 34.6 Å². The van der Waals surface area contributed by atoms with Gasteiger partial charge in [-0.3, -0.25) is 9.69 Å². The molecule has 1 aromatic carbocycles. The molecule has 1 heterocycles. The molecule has 0 saturated carbocycles. The van der Waals surface area contributed by atoms with Crippen molar-refractivity contribution in [1.29, 1.82) is 5.41 Å². The van der Waals surface area contributed by atoms with Crippen molar-refractivity contribution in [2.75, 3.05) is 19.3 Å². The Morgan fingerprint density at radius 1 is 1.41 bits per heavy atom. The van der Waals surface area contributed by atoms with Crippen LogP contribution in [0.3, 0.4) is 0 Å². The Hall–Kier alpha value is -1.82. The van der Waals surface area contributed by atoms with E-state index in [1.807, 2.05) is 0 Å². The number of aromatic hydroxyl groups is 1. The van der Waals surface area contributed by atoms with Crippen molar-refractivity contribution >= 4 is 50.0 Å². The maximum absolute atomic E-state index is 12.8. The highest BCUT2D eigenvalue weighted by atomic mass is 32.2. The zero-order valence-electron chi connectivity index (χ0n) is 13.3. The van der Waals surface area contributed by atoms with Gasteiger partial charge in [0.05, 0.1) is 4.91 Å². The predicted molar refractivity (Wildman–Crippen MR) is 97.4 cm³/mol. The van der Waals surface area contributed by atoms with Gasteiger partial charge >= 0.3 is 0 Å². The monoisotopic (exact) mass is 315 g/mol. The molecule has 8 heteroatoms. The normalized spacial score (nSPS) is 14.9. The second-order valence-corrected chi connectivity index (χ2v) is 6.42. The van der Waals surface area contributed by atoms with Crippen molar-refractivity contribution in [2.24, 2.45) is 0 Å². The highest BCUT2D eigenvalue weighted by Crippen LogP contribution is 2.28. The molecule has 0 bridgehead atoms. The number of nitrogens with one attached hydrogen (secondary N) is 2. The zero-order chi connectivity index (χ0) is 16.4. The van der Waals surface area contributed by atoms with Crippen molar-refractivity contribution in [2.45, 2.75) is 6.92 Å². The van der Waals surface area contributed by atoms with Crippen molar-refractivity contribution in [3.05, 3.63) is 28.4 Å². The minimum Gasteiger partial charge on any atom is -0.509 e. The molecule has 0 saturated heterocycles. The smallest absolute Gasteiger partial charge is 0.259 e. The van der Waals surface area contributed by atoms with E-state index < -0.39 is 0 Å². The lowest BCUT2D eigenvalue weighted by molar-refractivity contribution is 0.0804. The van der Waals surface area contributed by atoms with Gasteiger partial charge in [-0.1, -0.05) is 12.1 Å². The van der Waals surface area contributed by atoms with Gasteiger partial charge in [-0.15, -0.1) is 11.8 Å². The summed E-state index contributed by atoms with van der Waals surface area (Å²) in [4.78, 5) is 15.3. The van der Waals surface area contributed by atoms with Crippen LogP contribution in [0.15, 0.2) is 22.9 Å². The third-order valence-electron chi connectivity index (χ3n) is 3.61. The fourth-order valence-corrected chi connectivity index (χ4v) is 3.56. The van der Waals surface area contributed by atoms with E-state index in [4.69, 9.17) is 5.41 Å². The zero-order valence-corrected chi connectivity index (χ0v) is 14.1. The van der Waals surface area contributed by atoms with Crippen LogP contribution in [0.2, 0.25) is 0 Å². The second kappa shape index (κ2) is 6.52. The number of carbonyl (C=O) groups excluding carboxylic acids is 1. The summed E-state index contributed by atoms with van der Waals surface area (Å²) in [6.07, 6.45) is 0. The molecule has 0 fully saturated rings. The van der Waals surface area contributed by atoms with E-state index in [1.165, 1.54) is 0 Å². The van der Waals surface area contributed by atoms with Crippen LogP contribution in [-0.2, 0) is 0 Å². The van der Waals surface area contributed by atoms with Crippen LogP contribution >= 0.6 is 11.8 Å². The first-order valence-corrected chi connectivity index (χ1v) is 8.07. The molecule has 2 rings (SSSR count). The third kappa shape index (κ3) is 3.02. The van der Waals surface area contributed by atoms with Crippen molar-refractivity contribution in [3.63, 3.8) is 0 Å². The molecule has 0 unspecified atom stereocenters. The Morgan fingerprint density at radius 3 is 2.50 bits per heavy atom. The second-order valence-electron chi connectivity index (χ2n) is 5.32. The van der Waals surface area contributed by atoms with E-state index in [2.05, 4.69) is 5.32 Å². The molecular weight excluding hydrogens is 296 g/mol. The lowest BCUT2D eigenvalue weighted by Gasteiger charge is -2.31. The summed E-state index contributed by atoms with van der Waals surface area (Å²) >= 11 is 1.59. The molecule has 0 spiro atoms. The fraction of sp³-hybridized carbons (Fsp3) is 0.286. The number of nitrogens with zero attached hydrogens (tertiary/aromatic N) is 1. The standard InChI is InChI=1S/C14H19B2N3O2S/c1-7(17)12-13(18-2)19(3-4-22-12)14(21)8-5-9(15)11(20)10(16)6-8/h5-6,17-18,20H,3-4,15-16H2,1-2H3. The van der Waals surface area contributed by atoms with E-state index in [9.17, 15) is 9.90 Å². The molecular formula is C14H19B2N3O2S. The summed E-state index contributed by atoms with van der Waals surface area (Å²) in [5, 5.41) is 20.8. The lowest BCUT2D eigenvalue weighted by Crippen LogP contribution is -2.41. The highest BCUT2D eigenvalue weighted by molar-refractivity contribution is 8.04. The van der Waals surface area contributed by atoms with Crippen molar-refractivity contribution < 1.29 is 9.90 Å². The molecule has 0 radical (unpaired) electrons. The summed E-state index contributed by atoms with van der Waals surface area (Å²) < 4.78 is 0. The summed E-state index contributed by atoms with van der Waals surface area (Å²) in [6.45, 7) is 2.32. The van der Waals surface area contributed by atoms with Crippen LogP contribution in [0.1, 0.15) is 17.3 Å². The van der Waals surface area contributed by atoms with Gasteiger partial charge in [-0.25, -0.2) is 0 Å². The molecule has 0 aliphatic carbocycles. The first kappa shape index (κ1) is 16.5. The summed E-state index contributed by atoms with van der Waals surface area (Å²) in [6, 6.07) is 3.41. The van der Waals surface area contributed by atoms with Gasteiger partial charge in [-0.2, -0.15) is 0 Å². The number of phenols is 1. The Kier molecular flexibility index (Phi) is 4.90. The average Bonchev–Trinajstić information content (AvgIpc) is 2.50. The maximum atomic E-state index is 12.8. The predicted octanol–water partition coefficient (Wildman–Crippen LogP) is -1.47. The van der Waals surface area contributed by atoms with E-state index in [0.717, 1.165) is 10.7 Å². The Labute approximate surface area is 136 Å². The van der Waals surface area contributed by atoms with Gasteiger partial charge in [0, 0.05) is 30.6 Å². The van der Waals surface area contributed by atoms with E-state index in [-0.39, 0.29) is 11.7 Å². The minimum atomic E-state index is -0.116. The molecule has 1 amide bonds. The fourth-order valence-electron chi connectivity index (χ4n) is 2.51. The summed E-state index contributed by atoms with van der Waals surface area (Å²) in [7, 11) is 5.33. The number of amides is 1. The summed E-state index contributed by atoms with van der Waals surface area (Å²) in [5.41, 5.74) is 2.38. The number of hydrogen-bond donors (Lipinski definition) is 3. The minimum absolute atomic E-state index is 0.116. The van der Waals surface area contributed by atoms with Gasteiger partial charge in [-0.05, 0) is 17.8 Å². The molecule has 1 aliphatic heterocycles. The van der Waals surface area contributed by atoms with Gasteiger partial charge in [0.15, 0.2) is 0 Å². The van der Waals surface area contributed by atoms with Crippen LogP contribution in [0.5, 0.6) is 5.75 Å². The van der Waals surface area contributed by atoms with E-state index >= 15 is 0 Å². The van der Waals surface area contributed by atoms with Crippen LogP contribution in [0.4, 0.5) is 0 Å². The molecule has 3 N–H and O–H groups in total. The number of allylic oxidation sites excluding steroid dienone is 1. The largest absolute Gasteiger partial charge is 0.509 e. The number of carbonyl (C=O) groups is 1. The van der Waals surface area contributed by atoms with Gasteiger partial charge < -0.3 is 15.8 Å². The number of phenolic OH excluding ortho intramolecular Hbond substituents is 1. The molecule has 22 heavy (non-hydrogen) atoms. The Morgan fingerprint density at radius 2 is 2.00 bits per heavy atom. The van der Waals surface area contributed by atoms with Crippen LogP contribution in [-0.4, -0.2) is 56.7 Å². The molecule has 0 aromatic heterocycles. The van der Waals surface area contributed by atoms with Gasteiger partial charge in [0.1, 0.15) is 27.3 Å².